The third kappa shape index (κ3) is 4.23. The molecule has 0 amide bonds. The number of hydrogen-bond acceptors (Lipinski definition) is 1. The van der Waals surface area contributed by atoms with Gasteiger partial charge in [0.25, 0.3) is 0 Å². The highest BCUT2D eigenvalue weighted by Crippen LogP contribution is 2.32. The van der Waals surface area contributed by atoms with Crippen LogP contribution in [0.15, 0.2) is 66.7 Å². The summed E-state index contributed by atoms with van der Waals surface area (Å²) in [5.41, 5.74) is 8.24. The lowest BCUT2D eigenvalue weighted by atomic mass is 9.90. The van der Waals surface area contributed by atoms with E-state index < -0.39 is 0 Å². The molecule has 0 aliphatic rings. The van der Waals surface area contributed by atoms with Gasteiger partial charge in [-0.25, -0.2) is 0 Å². The first kappa shape index (κ1) is 16.8. The Labute approximate surface area is 139 Å². The molecular formula is C22H24O. The number of aromatic hydroxyl groups is 1. The van der Waals surface area contributed by atoms with E-state index in [0.29, 0.717) is 5.75 Å². The Hall–Kier alpha value is -2.54. The van der Waals surface area contributed by atoms with Gasteiger partial charge in [0.15, 0.2) is 0 Å². The maximum Gasteiger partial charge on any atom is 0.115 e. The van der Waals surface area contributed by atoms with Crippen LogP contribution in [0.2, 0.25) is 0 Å². The van der Waals surface area contributed by atoms with Crippen molar-refractivity contribution in [2.75, 3.05) is 0 Å². The zero-order valence-electron chi connectivity index (χ0n) is 14.3. The molecule has 0 aromatic heterocycles. The molecule has 0 radical (unpaired) electrons. The van der Waals surface area contributed by atoms with Crippen molar-refractivity contribution in [3.05, 3.63) is 89.0 Å². The summed E-state index contributed by atoms with van der Waals surface area (Å²) in [7, 11) is 0. The molecule has 0 aliphatic heterocycles. The summed E-state index contributed by atoms with van der Waals surface area (Å²) in [5, 5.41) is 8.63. The molecule has 0 saturated heterocycles. The average molecular weight is 304 g/mol. The van der Waals surface area contributed by atoms with Crippen molar-refractivity contribution in [1.29, 1.82) is 0 Å². The summed E-state index contributed by atoms with van der Waals surface area (Å²) < 4.78 is 0. The topological polar surface area (TPSA) is 20.2 Å². The summed E-state index contributed by atoms with van der Waals surface area (Å²) >= 11 is 0. The Balaban J connectivity index is 0.000000229. The maximum atomic E-state index is 8.63. The molecule has 0 spiro atoms. The second-order valence-electron chi connectivity index (χ2n) is 5.87. The molecule has 1 heteroatoms. The van der Waals surface area contributed by atoms with E-state index in [9.17, 15) is 0 Å². The zero-order valence-corrected chi connectivity index (χ0v) is 14.3. The first-order chi connectivity index (χ1) is 11.0. The molecule has 0 bridgehead atoms. The number of phenolic OH excluding ortho intramolecular Hbond substituents is 1. The number of hydrogen-bond donors (Lipinski definition) is 1. The van der Waals surface area contributed by atoms with Crippen LogP contribution in [0.25, 0.3) is 11.1 Å². The van der Waals surface area contributed by atoms with Gasteiger partial charge in [0.1, 0.15) is 5.75 Å². The predicted molar refractivity (Wildman–Crippen MR) is 98.9 cm³/mol. The van der Waals surface area contributed by atoms with Crippen LogP contribution in [-0.2, 0) is 0 Å². The molecule has 3 rings (SSSR count). The summed E-state index contributed by atoms with van der Waals surface area (Å²) in [5.74, 6) is 0.322. The van der Waals surface area contributed by atoms with Gasteiger partial charge >= 0.3 is 0 Å². The fraction of sp³-hybridized carbons (Fsp3) is 0.182. The molecule has 23 heavy (non-hydrogen) atoms. The van der Waals surface area contributed by atoms with Crippen molar-refractivity contribution in [2.24, 2.45) is 0 Å². The first-order valence-electron chi connectivity index (χ1n) is 7.87. The van der Waals surface area contributed by atoms with Crippen LogP contribution in [0.4, 0.5) is 0 Å². The van der Waals surface area contributed by atoms with Crippen molar-refractivity contribution in [3.8, 4) is 16.9 Å². The van der Waals surface area contributed by atoms with Gasteiger partial charge in [-0.1, -0.05) is 54.6 Å². The van der Waals surface area contributed by atoms with Gasteiger partial charge in [-0.15, -0.1) is 0 Å². The maximum absolute atomic E-state index is 8.63. The van der Waals surface area contributed by atoms with E-state index >= 15 is 0 Å². The van der Waals surface area contributed by atoms with E-state index in [4.69, 9.17) is 5.11 Å². The highest BCUT2D eigenvalue weighted by atomic mass is 16.3. The van der Waals surface area contributed by atoms with Crippen molar-refractivity contribution >= 4 is 0 Å². The molecule has 3 aromatic carbocycles. The van der Waals surface area contributed by atoms with Crippen LogP contribution in [-0.4, -0.2) is 5.11 Å². The van der Waals surface area contributed by atoms with Gasteiger partial charge in [-0.05, 0) is 73.2 Å². The monoisotopic (exact) mass is 304 g/mol. The van der Waals surface area contributed by atoms with Crippen LogP contribution < -0.4 is 0 Å². The predicted octanol–water partition coefficient (Wildman–Crippen LogP) is 5.98. The quantitative estimate of drug-likeness (QED) is 0.586. The molecule has 0 saturated carbocycles. The summed E-state index contributed by atoms with van der Waals surface area (Å²) in [6.07, 6.45) is 0. The Kier molecular flexibility index (Phi) is 5.59. The molecule has 0 unspecified atom stereocenters. The Morgan fingerprint density at radius 3 is 1.09 bits per heavy atom. The van der Waals surface area contributed by atoms with Crippen LogP contribution in [0.3, 0.4) is 0 Å². The van der Waals surface area contributed by atoms with Gasteiger partial charge in [-0.3, -0.25) is 0 Å². The molecule has 1 N–H and O–H groups in total. The Morgan fingerprint density at radius 1 is 0.478 bits per heavy atom. The lowest BCUT2D eigenvalue weighted by molar-refractivity contribution is 0.475. The normalized spacial score (nSPS) is 9.91. The van der Waals surface area contributed by atoms with Gasteiger partial charge < -0.3 is 5.11 Å². The van der Waals surface area contributed by atoms with Crippen molar-refractivity contribution in [3.63, 3.8) is 0 Å². The number of aryl methyl sites for hydroxylation is 4. The number of para-hydroxylation sites is 1. The lowest BCUT2D eigenvalue weighted by Gasteiger charge is -2.15. The molecule has 0 heterocycles. The average Bonchev–Trinajstić information content (AvgIpc) is 2.51. The van der Waals surface area contributed by atoms with E-state index in [0.717, 1.165) is 0 Å². The van der Waals surface area contributed by atoms with Crippen LogP contribution in [0.5, 0.6) is 5.75 Å². The molecule has 1 nitrogen and oxygen atoms in total. The van der Waals surface area contributed by atoms with Gasteiger partial charge in [0, 0.05) is 0 Å². The Morgan fingerprint density at radius 2 is 0.826 bits per heavy atom. The minimum Gasteiger partial charge on any atom is -0.508 e. The molecule has 0 fully saturated rings. The van der Waals surface area contributed by atoms with Crippen LogP contribution in [0.1, 0.15) is 22.3 Å². The fourth-order valence-electron chi connectivity index (χ4n) is 2.85. The minimum absolute atomic E-state index is 0.322. The first-order valence-corrected chi connectivity index (χ1v) is 7.87. The molecule has 118 valence electrons. The number of phenols is 1. The molecular weight excluding hydrogens is 280 g/mol. The Bertz CT molecular complexity index is 683. The molecule has 0 atom stereocenters. The van der Waals surface area contributed by atoms with Crippen molar-refractivity contribution in [1.82, 2.24) is 0 Å². The molecule has 0 aliphatic carbocycles. The van der Waals surface area contributed by atoms with E-state index in [1.165, 1.54) is 33.4 Å². The SMILES string of the molecule is Cc1cccc(C)c1-c1c(C)cccc1C.Oc1ccccc1. The van der Waals surface area contributed by atoms with Gasteiger partial charge in [-0.2, -0.15) is 0 Å². The summed E-state index contributed by atoms with van der Waals surface area (Å²) in [6.45, 7) is 8.75. The zero-order chi connectivity index (χ0) is 16.8. The highest BCUT2D eigenvalue weighted by molar-refractivity contribution is 5.76. The fourth-order valence-corrected chi connectivity index (χ4v) is 2.85. The van der Waals surface area contributed by atoms with Gasteiger partial charge in [0.05, 0.1) is 0 Å². The van der Waals surface area contributed by atoms with Gasteiger partial charge in [0.2, 0.25) is 0 Å². The summed E-state index contributed by atoms with van der Waals surface area (Å²) in [4.78, 5) is 0. The lowest BCUT2D eigenvalue weighted by Crippen LogP contribution is -1.93. The van der Waals surface area contributed by atoms with E-state index in [1.54, 1.807) is 24.3 Å². The second kappa shape index (κ2) is 7.64. The van der Waals surface area contributed by atoms with E-state index in [1.807, 2.05) is 6.07 Å². The van der Waals surface area contributed by atoms with Crippen molar-refractivity contribution in [2.45, 2.75) is 27.7 Å². The van der Waals surface area contributed by atoms with Crippen molar-refractivity contribution < 1.29 is 5.11 Å². The smallest absolute Gasteiger partial charge is 0.115 e. The highest BCUT2D eigenvalue weighted by Gasteiger charge is 2.09. The largest absolute Gasteiger partial charge is 0.508 e. The summed E-state index contributed by atoms with van der Waals surface area (Å²) in [6, 6.07) is 21.7. The van der Waals surface area contributed by atoms with E-state index in [-0.39, 0.29) is 0 Å². The third-order valence-electron chi connectivity index (χ3n) is 3.97. The number of benzene rings is 3. The van der Waals surface area contributed by atoms with Crippen LogP contribution >= 0.6 is 0 Å². The minimum atomic E-state index is 0.322. The molecule has 3 aromatic rings. The van der Waals surface area contributed by atoms with E-state index in [2.05, 4.69) is 64.1 Å². The second-order valence-corrected chi connectivity index (χ2v) is 5.87. The third-order valence-corrected chi connectivity index (χ3v) is 3.97. The standard InChI is InChI=1S/C16H18.C6H6O/c1-11-7-5-8-12(2)15(11)16-13(3)9-6-10-14(16)4;7-6-4-2-1-3-5-6/h5-10H,1-4H3;1-5,7H. The van der Waals surface area contributed by atoms with Crippen LogP contribution in [0, 0.1) is 27.7 Å². The number of rotatable bonds is 1.